The highest BCUT2D eigenvalue weighted by molar-refractivity contribution is 5.43. The molecule has 0 saturated carbocycles. The van der Waals surface area contributed by atoms with Gasteiger partial charge in [0.05, 0.1) is 5.60 Å². The molecule has 2 N–H and O–H groups in total. The minimum atomic E-state index is -0.721. The molecule has 0 amide bonds. The fourth-order valence-electron chi connectivity index (χ4n) is 2.30. The monoisotopic (exact) mass is 279 g/mol. The smallest absolute Gasteiger partial charge is 0.125 e. The summed E-state index contributed by atoms with van der Waals surface area (Å²) >= 11 is 0. The maximum Gasteiger partial charge on any atom is 0.125 e. The predicted octanol–water partition coefficient (Wildman–Crippen LogP) is 3.34. The number of hydrogen-bond donors (Lipinski definition) is 2. The van der Waals surface area contributed by atoms with Crippen LogP contribution in [0.4, 0.5) is 0 Å². The van der Waals surface area contributed by atoms with Gasteiger partial charge in [-0.15, -0.1) is 0 Å². The Labute approximate surface area is 123 Å². The molecule has 0 saturated heterocycles. The fourth-order valence-corrected chi connectivity index (χ4v) is 2.30. The first-order valence-corrected chi connectivity index (χ1v) is 7.61. The zero-order chi connectivity index (χ0) is 15.2. The minimum absolute atomic E-state index is 0.355. The highest BCUT2D eigenvalue weighted by atomic mass is 16.5. The second kappa shape index (κ2) is 7.65. The van der Waals surface area contributed by atoms with Crippen LogP contribution in [-0.4, -0.2) is 23.9 Å². The second-order valence-electron chi connectivity index (χ2n) is 5.56. The van der Waals surface area contributed by atoms with Gasteiger partial charge in [0, 0.05) is 6.54 Å². The predicted molar refractivity (Wildman–Crippen MR) is 84.3 cm³/mol. The molecule has 0 bridgehead atoms. The van der Waals surface area contributed by atoms with E-state index in [9.17, 15) is 5.11 Å². The molecule has 1 aromatic carbocycles. The molecule has 0 aliphatic heterocycles. The molecular weight excluding hydrogens is 250 g/mol. The van der Waals surface area contributed by atoms with Gasteiger partial charge in [0.1, 0.15) is 12.4 Å². The van der Waals surface area contributed by atoms with Crippen molar-refractivity contribution in [3.8, 4) is 5.75 Å². The van der Waals surface area contributed by atoms with Gasteiger partial charge in [-0.1, -0.05) is 32.9 Å². The zero-order valence-corrected chi connectivity index (χ0v) is 13.5. The third-order valence-electron chi connectivity index (χ3n) is 3.90. The van der Waals surface area contributed by atoms with Gasteiger partial charge < -0.3 is 15.2 Å². The first kappa shape index (κ1) is 17.0. The van der Waals surface area contributed by atoms with Crippen LogP contribution in [0.5, 0.6) is 5.75 Å². The Morgan fingerprint density at radius 3 is 2.10 bits per heavy atom. The summed E-state index contributed by atoms with van der Waals surface area (Å²) in [6.07, 6.45) is 1.42. The van der Waals surface area contributed by atoms with Crippen molar-refractivity contribution in [3.63, 3.8) is 0 Å². The highest BCUT2D eigenvalue weighted by Gasteiger charge is 2.23. The topological polar surface area (TPSA) is 41.5 Å². The van der Waals surface area contributed by atoms with Gasteiger partial charge in [-0.2, -0.15) is 0 Å². The maximum absolute atomic E-state index is 10.3. The van der Waals surface area contributed by atoms with Gasteiger partial charge in [0.2, 0.25) is 0 Å². The molecule has 20 heavy (non-hydrogen) atoms. The Kier molecular flexibility index (Phi) is 6.50. The number of hydrogen-bond acceptors (Lipinski definition) is 3. The Hall–Kier alpha value is -1.06. The molecule has 0 spiro atoms. The number of aryl methyl sites for hydroxylation is 2. The normalized spacial score (nSPS) is 11.7. The zero-order valence-electron chi connectivity index (χ0n) is 13.5. The van der Waals surface area contributed by atoms with Crippen molar-refractivity contribution in [1.29, 1.82) is 0 Å². The second-order valence-corrected chi connectivity index (χ2v) is 5.56. The van der Waals surface area contributed by atoms with Crippen LogP contribution >= 0.6 is 0 Å². The van der Waals surface area contributed by atoms with Crippen molar-refractivity contribution in [1.82, 2.24) is 5.32 Å². The molecule has 1 rings (SSSR count). The SMILES string of the molecule is CCNCc1cc(C)c(OCC(O)(CC)CC)c(C)c1. The van der Waals surface area contributed by atoms with Crippen LogP contribution in [0.2, 0.25) is 0 Å². The number of ether oxygens (including phenoxy) is 1. The van der Waals surface area contributed by atoms with Crippen molar-refractivity contribution < 1.29 is 9.84 Å². The van der Waals surface area contributed by atoms with E-state index in [1.54, 1.807) is 0 Å². The molecule has 3 heteroatoms. The highest BCUT2D eigenvalue weighted by Crippen LogP contribution is 2.27. The summed E-state index contributed by atoms with van der Waals surface area (Å²) in [5.74, 6) is 0.908. The van der Waals surface area contributed by atoms with E-state index in [2.05, 4.69) is 38.2 Å². The Bertz CT molecular complexity index is 402. The molecule has 0 unspecified atom stereocenters. The lowest BCUT2D eigenvalue weighted by Crippen LogP contribution is -2.34. The number of nitrogens with one attached hydrogen (secondary N) is 1. The lowest BCUT2D eigenvalue weighted by Gasteiger charge is -2.26. The average molecular weight is 279 g/mol. The largest absolute Gasteiger partial charge is 0.490 e. The Balaban J connectivity index is 2.81. The van der Waals surface area contributed by atoms with Gasteiger partial charge in [0.25, 0.3) is 0 Å². The third-order valence-corrected chi connectivity index (χ3v) is 3.90. The van der Waals surface area contributed by atoms with Crippen molar-refractivity contribution >= 4 is 0 Å². The molecule has 0 aliphatic carbocycles. The molecule has 3 nitrogen and oxygen atoms in total. The van der Waals surface area contributed by atoms with Gasteiger partial charge in [-0.05, 0) is 49.9 Å². The summed E-state index contributed by atoms with van der Waals surface area (Å²) < 4.78 is 5.90. The molecule has 0 fully saturated rings. The summed E-state index contributed by atoms with van der Waals surface area (Å²) in [4.78, 5) is 0. The summed E-state index contributed by atoms with van der Waals surface area (Å²) in [5.41, 5.74) is 2.82. The van der Waals surface area contributed by atoms with Crippen LogP contribution in [0.25, 0.3) is 0 Å². The van der Waals surface area contributed by atoms with Crippen molar-refractivity contribution in [3.05, 3.63) is 28.8 Å². The first-order chi connectivity index (χ1) is 9.45. The van der Waals surface area contributed by atoms with Crippen molar-refractivity contribution in [2.24, 2.45) is 0 Å². The van der Waals surface area contributed by atoms with E-state index in [0.29, 0.717) is 19.4 Å². The third kappa shape index (κ3) is 4.50. The number of benzene rings is 1. The van der Waals surface area contributed by atoms with E-state index in [4.69, 9.17) is 4.74 Å². The van der Waals surface area contributed by atoms with Crippen LogP contribution in [0.3, 0.4) is 0 Å². The van der Waals surface area contributed by atoms with E-state index >= 15 is 0 Å². The molecule has 1 aromatic rings. The standard InChI is InChI=1S/C17H29NO2/c1-6-17(19,7-2)12-20-16-13(4)9-15(10-14(16)5)11-18-8-3/h9-10,18-19H,6-8,11-12H2,1-5H3. The number of rotatable bonds is 8. The van der Waals surface area contributed by atoms with E-state index in [-0.39, 0.29) is 0 Å². The minimum Gasteiger partial charge on any atom is -0.490 e. The van der Waals surface area contributed by atoms with E-state index < -0.39 is 5.60 Å². The fraction of sp³-hybridized carbons (Fsp3) is 0.647. The Morgan fingerprint density at radius 1 is 1.10 bits per heavy atom. The maximum atomic E-state index is 10.3. The van der Waals surface area contributed by atoms with Crippen molar-refractivity contribution in [2.75, 3.05) is 13.2 Å². The summed E-state index contributed by atoms with van der Waals surface area (Å²) in [6.45, 7) is 12.4. The summed E-state index contributed by atoms with van der Waals surface area (Å²) in [7, 11) is 0. The van der Waals surface area contributed by atoms with Gasteiger partial charge in [-0.25, -0.2) is 0 Å². The molecular formula is C17H29NO2. The van der Waals surface area contributed by atoms with Crippen LogP contribution in [0.1, 0.15) is 50.3 Å². The molecule has 0 radical (unpaired) electrons. The lowest BCUT2D eigenvalue weighted by molar-refractivity contribution is -0.0117. The van der Waals surface area contributed by atoms with E-state index in [1.807, 2.05) is 13.8 Å². The molecule has 0 aromatic heterocycles. The lowest BCUT2D eigenvalue weighted by atomic mass is 9.99. The average Bonchev–Trinajstić information content (AvgIpc) is 2.43. The van der Waals surface area contributed by atoms with Crippen LogP contribution in [-0.2, 0) is 6.54 Å². The van der Waals surface area contributed by atoms with Crippen LogP contribution in [0.15, 0.2) is 12.1 Å². The van der Waals surface area contributed by atoms with Crippen LogP contribution < -0.4 is 10.1 Å². The first-order valence-electron chi connectivity index (χ1n) is 7.61. The summed E-state index contributed by atoms with van der Waals surface area (Å²) in [5, 5.41) is 13.6. The molecule has 0 aliphatic rings. The quantitative estimate of drug-likeness (QED) is 0.767. The van der Waals surface area contributed by atoms with Crippen LogP contribution in [0, 0.1) is 13.8 Å². The molecule has 0 heterocycles. The molecule has 0 atom stereocenters. The Morgan fingerprint density at radius 2 is 1.65 bits per heavy atom. The van der Waals surface area contributed by atoms with Gasteiger partial charge in [0.15, 0.2) is 0 Å². The summed E-state index contributed by atoms with van der Waals surface area (Å²) in [6, 6.07) is 4.31. The van der Waals surface area contributed by atoms with Gasteiger partial charge in [-0.3, -0.25) is 0 Å². The number of aliphatic hydroxyl groups is 1. The van der Waals surface area contributed by atoms with Crippen molar-refractivity contribution in [2.45, 2.75) is 59.6 Å². The van der Waals surface area contributed by atoms with E-state index in [1.165, 1.54) is 5.56 Å². The molecule has 114 valence electrons. The van der Waals surface area contributed by atoms with E-state index in [0.717, 1.165) is 30.0 Å². The van der Waals surface area contributed by atoms with Gasteiger partial charge >= 0.3 is 0 Å².